The first kappa shape index (κ1) is 6.95. The first-order chi connectivity index (χ1) is 3.72. The first-order valence-corrected chi connectivity index (χ1v) is 2.12. The highest BCUT2D eigenvalue weighted by molar-refractivity contribution is 5.73. The zero-order chi connectivity index (χ0) is 6.57. The fourth-order valence-corrected chi connectivity index (χ4v) is 0.262. The lowest BCUT2D eigenvalue weighted by molar-refractivity contribution is -0.138. The SMILES string of the molecule is [CH]=CC(C=C)C(=O)O. The van der Waals surface area contributed by atoms with Gasteiger partial charge in [0, 0.05) is 0 Å². The summed E-state index contributed by atoms with van der Waals surface area (Å²) in [4.78, 5) is 9.98. The topological polar surface area (TPSA) is 37.3 Å². The highest BCUT2D eigenvalue weighted by atomic mass is 16.4. The molecule has 0 aromatic rings. The van der Waals surface area contributed by atoms with Crippen LogP contribution < -0.4 is 0 Å². The third-order valence-electron chi connectivity index (χ3n) is 0.746. The molecule has 0 aliphatic carbocycles. The summed E-state index contributed by atoms with van der Waals surface area (Å²) in [6, 6.07) is 0. The molecule has 0 bridgehead atoms. The standard InChI is InChI=1S/C6H7O2/c1-3-5(4-2)6(7)8/h1,3-5H,2H2,(H,7,8). The van der Waals surface area contributed by atoms with Gasteiger partial charge in [-0.3, -0.25) is 4.79 Å². The summed E-state index contributed by atoms with van der Waals surface area (Å²) >= 11 is 0. The first-order valence-electron chi connectivity index (χ1n) is 2.12. The van der Waals surface area contributed by atoms with E-state index in [9.17, 15) is 4.79 Å². The van der Waals surface area contributed by atoms with Crippen LogP contribution in [0.5, 0.6) is 0 Å². The summed E-state index contributed by atoms with van der Waals surface area (Å²) in [7, 11) is 0. The van der Waals surface area contributed by atoms with Gasteiger partial charge >= 0.3 is 5.97 Å². The van der Waals surface area contributed by atoms with Crippen molar-refractivity contribution in [2.45, 2.75) is 0 Å². The molecule has 0 rings (SSSR count). The van der Waals surface area contributed by atoms with Crippen LogP contribution in [0.1, 0.15) is 0 Å². The molecule has 43 valence electrons. The van der Waals surface area contributed by atoms with Crippen LogP contribution >= 0.6 is 0 Å². The Kier molecular flexibility index (Phi) is 2.62. The minimum Gasteiger partial charge on any atom is -0.481 e. The molecule has 2 heteroatoms. The van der Waals surface area contributed by atoms with Crippen molar-refractivity contribution < 1.29 is 9.90 Å². The molecule has 0 spiro atoms. The number of carbonyl (C=O) groups is 1. The van der Waals surface area contributed by atoms with Gasteiger partial charge in [0.15, 0.2) is 0 Å². The van der Waals surface area contributed by atoms with Crippen LogP contribution in [-0.4, -0.2) is 11.1 Å². The van der Waals surface area contributed by atoms with E-state index in [4.69, 9.17) is 11.7 Å². The quantitative estimate of drug-likeness (QED) is 0.548. The maximum atomic E-state index is 9.98. The minimum atomic E-state index is -0.970. The van der Waals surface area contributed by atoms with Crippen molar-refractivity contribution in [2.75, 3.05) is 0 Å². The molecule has 0 aromatic heterocycles. The van der Waals surface area contributed by atoms with Crippen LogP contribution in [0.3, 0.4) is 0 Å². The Morgan fingerprint density at radius 3 is 2.38 bits per heavy atom. The van der Waals surface area contributed by atoms with E-state index in [1.807, 2.05) is 0 Å². The van der Waals surface area contributed by atoms with Gasteiger partial charge in [0.05, 0.1) is 5.92 Å². The number of hydrogen-bond acceptors (Lipinski definition) is 1. The van der Waals surface area contributed by atoms with E-state index < -0.39 is 11.9 Å². The fraction of sp³-hybridized carbons (Fsp3) is 0.167. The van der Waals surface area contributed by atoms with Gasteiger partial charge in [-0.05, 0) is 0 Å². The summed E-state index contributed by atoms with van der Waals surface area (Å²) in [6.45, 7) is 8.17. The van der Waals surface area contributed by atoms with Gasteiger partial charge in [-0.2, -0.15) is 0 Å². The Morgan fingerprint density at radius 1 is 1.88 bits per heavy atom. The lowest BCUT2D eigenvalue weighted by Gasteiger charge is -1.94. The van der Waals surface area contributed by atoms with Gasteiger partial charge in [0.1, 0.15) is 0 Å². The van der Waals surface area contributed by atoms with Crippen LogP contribution in [0.2, 0.25) is 0 Å². The van der Waals surface area contributed by atoms with E-state index in [0.29, 0.717) is 0 Å². The van der Waals surface area contributed by atoms with Crippen molar-refractivity contribution in [1.29, 1.82) is 0 Å². The van der Waals surface area contributed by atoms with E-state index in [-0.39, 0.29) is 0 Å². The smallest absolute Gasteiger partial charge is 0.314 e. The molecule has 1 unspecified atom stereocenters. The predicted octanol–water partition coefficient (Wildman–Crippen LogP) is 0.862. The molecule has 1 radical (unpaired) electrons. The zero-order valence-electron chi connectivity index (χ0n) is 4.37. The molecule has 2 nitrogen and oxygen atoms in total. The van der Waals surface area contributed by atoms with Crippen molar-refractivity contribution in [3.05, 3.63) is 25.3 Å². The van der Waals surface area contributed by atoms with Crippen LogP contribution in [0, 0.1) is 12.5 Å². The average Bonchev–Trinajstić information content (AvgIpc) is 1.69. The Hall–Kier alpha value is -1.05. The number of carboxylic acid groups (broad SMARTS) is 1. The molecule has 0 aromatic carbocycles. The van der Waals surface area contributed by atoms with Gasteiger partial charge in [-0.15, -0.1) is 6.58 Å². The predicted molar refractivity (Wildman–Crippen MR) is 30.2 cm³/mol. The van der Waals surface area contributed by atoms with Gasteiger partial charge in [0.25, 0.3) is 0 Å². The van der Waals surface area contributed by atoms with E-state index in [1.54, 1.807) is 0 Å². The van der Waals surface area contributed by atoms with Crippen LogP contribution in [0.25, 0.3) is 0 Å². The second-order valence-electron chi connectivity index (χ2n) is 1.29. The molecule has 1 N–H and O–H groups in total. The second kappa shape index (κ2) is 3.02. The van der Waals surface area contributed by atoms with E-state index in [1.165, 1.54) is 6.08 Å². The van der Waals surface area contributed by atoms with Crippen molar-refractivity contribution in [3.63, 3.8) is 0 Å². The van der Waals surface area contributed by atoms with Gasteiger partial charge < -0.3 is 5.11 Å². The molecule has 1 atom stereocenters. The summed E-state index contributed by atoms with van der Waals surface area (Å²) in [5.74, 6) is -1.68. The molecule has 0 amide bonds. The lowest BCUT2D eigenvalue weighted by atomic mass is 10.1. The van der Waals surface area contributed by atoms with Crippen LogP contribution in [-0.2, 0) is 4.79 Å². The van der Waals surface area contributed by atoms with Crippen molar-refractivity contribution in [1.82, 2.24) is 0 Å². The molecule has 0 heterocycles. The normalized spacial score (nSPS) is 12.0. The van der Waals surface area contributed by atoms with Crippen molar-refractivity contribution >= 4 is 5.97 Å². The van der Waals surface area contributed by atoms with Gasteiger partial charge in [-0.25, -0.2) is 0 Å². The second-order valence-corrected chi connectivity index (χ2v) is 1.29. The molecule has 8 heavy (non-hydrogen) atoms. The highest BCUT2D eigenvalue weighted by Crippen LogP contribution is 1.96. The van der Waals surface area contributed by atoms with Crippen LogP contribution in [0.4, 0.5) is 0 Å². The van der Waals surface area contributed by atoms with Crippen molar-refractivity contribution in [2.24, 2.45) is 5.92 Å². The van der Waals surface area contributed by atoms with E-state index >= 15 is 0 Å². The number of rotatable bonds is 3. The minimum absolute atomic E-state index is 0.713. The summed E-state index contributed by atoms with van der Waals surface area (Å²) in [5.41, 5.74) is 0. The van der Waals surface area contributed by atoms with Gasteiger partial charge in [0.2, 0.25) is 0 Å². The lowest BCUT2D eigenvalue weighted by Crippen LogP contribution is -2.06. The summed E-state index contributed by atoms with van der Waals surface area (Å²) in [5, 5.41) is 8.19. The van der Waals surface area contributed by atoms with Crippen molar-refractivity contribution in [3.8, 4) is 0 Å². The Bertz CT molecular complexity index is 108. The number of aliphatic carboxylic acids is 1. The van der Waals surface area contributed by atoms with Gasteiger partial charge in [-0.1, -0.05) is 18.7 Å². The molecule has 0 aliphatic rings. The van der Waals surface area contributed by atoms with E-state index in [0.717, 1.165) is 6.08 Å². The number of carboxylic acids is 1. The molecule has 0 fully saturated rings. The third-order valence-corrected chi connectivity index (χ3v) is 0.746. The molecule has 0 saturated carbocycles. The van der Waals surface area contributed by atoms with E-state index in [2.05, 4.69) is 6.58 Å². The Balaban J connectivity index is 3.88. The highest BCUT2D eigenvalue weighted by Gasteiger charge is 2.05. The maximum Gasteiger partial charge on any atom is 0.314 e. The molecule has 0 aliphatic heterocycles. The third kappa shape index (κ3) is 1.60. The number of hydrogen-bond donors (Lipinski definition) is 1. The summed E-state index contributed by atoms with van der Waals surface area (Å²) in [6.07, 6.45) is 2.34. The zero-order valence-corrected chi connectivity index (χ0v) is 4.37. The largest absolute Gasteiger partial charge is 0.481 e. The molecular formula is C6H7O2. The molecule has 0 saturated heterocycles. The Morgan fingerprint density at radius 2 is 2.38 bits per heavy atom. The van der Waals surface area contributed by atoms with Crippen LogP contribution in [0.15, 0.2) is 18.7 Å². The average molecular weight is 111 g/mol. The maximum absolute atomic E-state index is 9.98. The monoisotopic (exact) mass is 111 g/mol. The molecular weight excluding hydrogens is 104 g/mol. The summed E-state index contributed by atoms with van der Waals surface area (Å²) < 4.78 is 0. The fourth-order valence-electron chi connectivity index (χ4n) is 0.262. The Labute approximate surface area is 48.1 Å².